The van der Waals surface area contributed by atoms with E-state index in [2.05, 4.69) is 5.32 Å². The first-order chi connectivity index (χ1) is 8.11. The second kappa shape index (κ2) is 4.88. The van der Waals surface area contributed by atoms with E-state index in [1.807, 2.05) is 44.0 Å². The zero-order valence-electron chi connectivity index (χ0n) is 10.8. The molecule has 17 heavy (non-hydrogen) atoms. The maximum Gasteiger partial charge on any atom is 0.254 e. The molecular weight excluding hydrogens is 212 g/mol. The number of hydrogen-bond donors (Lipinski definition) is 1. The smallest absolute Gasteiger partial charge is 0.254 e. The van der Waals surface area contributed by atoms with Crippen molar-refractivity contribution in [2.75, 3.05) is 20.1 Å². The Kier molecular flexibility index (Phi) is 3.48. The van der Waals surface area contributed by atoms with E-state index in [9.17, 15) is 4.79 Å². The standard InChI is InChI=1S/C14H20N2O/c1-10-5-4-6-11(2)13(10)14(17)16(3)12-7-8-15-9-12/h4-6,12,15H,7-9H2,1-3H3. The highest BCUT2D eigenvalue weighted by Gasteiger charge is 2.25. The number of nitrogens with one attached hydrogen (secondary N) is 1. The maximum atomic E-state index is 12.5. The molecule has 0 aromatic heterocycles. The number of likely N-dealkylation sites (N-methyl/N-ethyl adjacent to an activating group) is 1. The fourth-order valence-corrected chi connectivity index (χ4v) is 2.46. The van der Waals surface area contributed by atoms with Crippen LogP contribution in [0.15, 0.2) is 18.2 Å². The van der Waals surface area contributed by atoms with Crippen LogP contribution in [0.25, 0.3) is 0 Å². The summed E-state index contributed by atoms with van der Waals surface area (Å²) in [5.41, 5.74) is 2.99. The average molecular weight is 232 g/mol. The van der Waals surface area contributed by atoms with Gasteiger partial charge in [-0.25, -0.2) is 0 Å². The van der Waals surface area contributed by atoms with Crippen molar-refractivity contribution in [3.63, 3.8) is 0 Å². The SMILES string of the molecule is Cc1cccc(C)c1C(=O)N(C)C1CCNC1. The third-order valence-electron chi connectivity index (χ3n) is 3.60. The van der Waals surface area contributed by atoms with Gasteiger partial charge in [0.2, 0.25) is 0 Å². The molecule has 3 heteroatoms. The molecule has 0 saturated carbocycles. The Hall–Kier alpha value is -1.35. The minimum atomic E-state index is 0.148. The molecule has 1 aliphatic rings. The third-order valence-corrected chi connectivity index (χ3v) is 3.60. The largest absolute Gasteiger partial charge is 0.337 e. The van der Waals surface area contributed by atoms with Crippen molar-refractivity contribution in [2.45, 2.75) is 26.3 Å². The highest BCUT2D eigenvalue weighted by molar-refractivity contribution is 5.97. The van der Waals surface area contributed by atoms with Crippen LogP contribution in [0.1, 0.15) is 27.9 Å². The summed E-state index contributed by atoms with van der Waals surface area (Å²) in [6.07, 6.45) is 1.05. The summed E-state index contributed by atoms with van der Waals surface area (Å²) < 4.78 is 0. The number of hydrogen-bond acceptors (Lipinski definition) is 2. The van der Waals surface area contributed by atoms with Gasteiger partial charge in [-0.1, -0.05) is 18.2 Å². The van der Waals surface area contributed by atoms with E-state index in [4.69, 9.17) is 0 Å². The number of nitrogens with zero attached hydrogens (tertiary/aromatic N) is 1. The highest BCUT2D eigenvalue weighted by Crippen LogP contribution is 2.18. The van der Waals surface area contributed by atoms with Gasteiger partial charge in [-0.15, -0.1) is 0 Å². The minimum Gasteiger partial charge on any atom is -0.337 e. The predicted octanol–water partition coefficient (Wildman–Crippen LogP) is 1.74. The second-order valence-electron chi connectivity index (χ2n) is 4.83. The molecule has 1 heterocycles. The monoisotopic (exact) mass is 232 g/mol. The third kappa shape index (κ3) is 2.34. The van der Waals surface area contributed by atoms with Crippen LogP contribution in [0.2, 0.25) is 0 Å². The van der Waals surface area contributed by atoms with Gasteiger partial charge in [0.15, 0.2) is 0 Å². The zero-order chi connectivity index (χ0) is 12.4. The molecule has 1 N–H and O–H groups in total. The van der Waals surface area contributed by atoms with Crippen molar-refractivity contribution in [1.82, 2.24) is 10.2 Å². The van der Waals surface area contributed by atoms with Crippen molar-refractivity contribution in [2.24, 2.45) is 0 Å². The first kappa shape index (κ1) is 12.1. The number of carbonyl (C=O) groups excluding carboxylic acids is 1. The molecule has 1 aromatic rings. The second-order valence-corrected chi connectivity index (χ2v) is 4.83. The van der Waals surface area contributed by atoms with E-state index in [1.54, 1.807) is 0 Å². The molecular formula is C14H20N2O. The molecule has 2 rings (SSSR count). The van der Waals surface area contributed by atoms with Crippen LogP contribution in [-0.4, -0.2) is 37.0 Å². The minimum absolute atomic E-state index is 0.148. The Morgan fingerprint density at radius 2 is 2.00 bits per heavy atom. The molecule has 1 aromatic carbocycles. The molecule has 1 fully saturated rings. The Morgan fingerprint density at radius 1 is 1.35 bits per heavy atom. The van der Waals surface area contributed by atoms with Gasteiger partial charge in [-0.05, 0) is 37.9 Å². The lowest BCUT2D eigenvalue weighted by Crippen LogP contribution is -2.38. The van der Waals surface area contributed by atoms with Crippen LogP contribution in [0, 0.1) is 13.8 Å². The van der Waals surface area contributed by atoms with E-state index in [-0.39, 0.29) is 5.91 Å². The van der Waals surface area contributed by atoms with E-state index >= 15 is 0 Å². The first-order valence-electron chi connectivity index (χ1n) is 6.15. The predicted molar refractivity (Wildman–Crippen MR) is 69.3 cm³/mol. The molecule has 0 spiro atoms. The summed E-state index contributed by atoms with van der Waals surface area (Å²) in [5.74, 6) is 0.148. The molecule has 0 aliphatic carbocycles. The van der Waals surface area contributed by atoms with Gasteiger partial charge in [0.1, 0.15) is 0 Å². The molecule has 1 atom stereocenters. The Bertz CT molecular complexity index is 402. The first-order valence-corrected chi connectivity index (χ1v) is 6.15. The van der Waals surface area contributed by atoms with Gasteiger partial charge in [-0.3, -0.25) is 4.79 Å². The van der Waals surface area contributed by atoms with E-state index in [0.29, 0.717) is 6.04 Å². The lowest BCUT2D eigenvalue weighted by molar-refractivity contribution is 0.0742. The lowest BCUT2D eigenvalue weighted by Gasteiger charge is -2.25. The molecule has 1 amide bonds. The number of rotatable bonds is 2. The number of benzene rings is 1. The Morgan fingerprint density at radius 3 is 2.53 bits per heavy atom. The van der Waals surface area contributed by atoms with Gasteiger partial charge in [0, 0.05) is 25.2 Å². The zero-order valence-corrected chi connectivity index (χ0v) is 10.8. The van der Waals surface area contributed by atoms with E-state index < -0.39 is 0 Å². The number of amides is 1. The van der Waals surface area contributed by atoms with Crippen molar-refractivity contribution < 1.29 is 4.79 Å². The summed E-state index contributed by atoms with van der Waals surface area (Å²) in [6, 6.07) is 6.34. The normalized spacial score (nSPS) is 19.4. The van der Waals surface area contributed by atoms with Gasteiger partial charge >= 0.3 is 0 Å². The molecule has 0 bridgehead atoms. The van der Waals surface area contributed by atoms with Crippen molar-refractivity contribution >= 4 is 5.91 Å². The summed E-state index contributed by atoms with van der Waals surface area (Å²) in [5, 5.41) is 3.29. The topological polar surface area (TPSA) is 32.3 Å². The molecule has 1 unspecified atom stereocenters. The quantitative estimate of drug-likeness (QED) is 0.842. The molecule has 1 aliphatic heterocycles. The maximum absolute atomic E-state index is 12.5. The molecule has 92 valence electrons. The van der Waals surface area contributed by atoms with Crippen LogP contribution in [-0.2, 0) is 0 Å². The molecule has 1 saturated heterocycles. The van der Waals surface area contributed by atoms with Gasteiger partial charge in [0.25, 0.3) is 5.91 Å². The van der Waals surface area contributed by atoms with Crippen LogP contribution in [0.4, 0.5) is 0 Å². The Labute approximate surface area is 103 Å². The number of aryl methyl sites for hydroxylation is 2. The van der Waals surface area contributed by atoms with E-state index in [1.165, 1.54) is 0 Å². The van der Waals surface area contributed by atoms with Crippen molar-refractivity contribution in [3.05, 3.63) is 34.9 Å². The lowest BCUT2D eigenvalue weighted by atomic mass is 10.0. The van der Waals surface area contributed by atoms with Crippen LogP contribution in [0.3, 0.4) is 0 Å². The van der Waals surface area contributed by atoms with Gasteiger partial charge in [0.05, 0.1) is 0 Å². The fourth-order valence-electron chi connectivity index (χ4n) is 2.46. The van der Waals surface area contributed by atoms with Gasteiger partial charge < -0.3 is 10.2 Å². The number of carbonyl (C=O) groups is 1. The van der Waals surface area contributed by atoms with Gasteiger partial charge in [-0.2, -0.15) is 0 Å². The summed E-state index contributed by atoms with van der Waals surface area (Å²) in [6.45, 7) is 5.92. The summed E-state index contributed by atoms with van der Waals surface area (Å²) >= 11 is 0. The van der Waals surface area contributed by atoms with E-state index in [0.717, 1.165) is 36.2 Å². The average Bonchev–Trinajstić information content (AvgIpc) is 2.81. The summed E-state index contributed by atoms with van der Waals surface area (Å²) in [7, 11) is 1.91. The summed E-state index contributed by atoms with van der Waals surface area (Å²) in [4.78, 5) is 14.4. The highest BCUT2D eigenvalue weighted by atomic mass is 16.2. The Balaban J connectivity index is 2.24. The fraction of sp³-hybridized carbons (Fsp3) is 0.500. The molecule has 0 radical (unpaired) electrons. The van der Waals surface area contributed by atoms with Crippen LogP contribution < -0.4 is 5.32 Å². The molecule has 3 nitrogen and oxygen atoms in total. The van der Waals surface area contributed by atoms with Crippen LogP contribution >= 0.6 is 0 Å². The van der Waals surface area contributed by atoms with Crippen molar-refractivity contribution in [1.29, 1.82) is 0 Å². The van der Waals surface area contributed by atoms with Crippen molar-refractivity contribution in [3.8, 4) is 0 Å². The van der Waals surface area contributed by atoms with Crippen LogP contribution in [0.5, 0.6) is 0 Å².